The van der Waals surface area contributed by atoms with Gasteiger partial charge >= 0.3 is 6.03 Å². The number of halogens is 1. The van der Waals surface area contributed by atoms with E-state index in [0.717, 1.165) is 54.7 Å². The van der Waals surface area contributed by atoms with Crippen LogP contribution >= 0.6 is 15.9 Å². The summed E-state index contributed by atoms with van der Waals surface area (Å²) in [6.07, 6.45) is 4.56. The predicted molar refractivity (Wildman–Crippen MR) is 108 cm³/mol. The molecule has 1 aromatic heterocycles. The van der Waals surface area contributed by atoms with Crippen LogP contribution in [0.15, 0.2) is 33.3 Å². The quantitative estimate of drug-likeness (QED) is 0.761. The Morgan fingerprint density at radius 2 is 2.07 bits per heavy atom. The van der Waals surface area contributed by atoms with Crippen LogP contribution in [0.2, 0.25) is 0 Å². The second-order valence-electron chi connectivity index (χ2n) is 7.75. The summed E-state index contributed by atoms with van der Waals surface area (Å²) in [6.45, 7) is 3.98. The monoisotopic (exact) mass is 448 g/mol. The molecule has 4 rings (SSSR count). The molecule has 1 atom stereocenters. The first-order chi connectivity index (χ1) is 13.5. The van der Waals surface area contributed by atoms with Crippen molar-refractivity contribution < 1.29 is 14.1 Å². The van der Waals surface area contributed by atoms with Crippen LogP contribution in [0, 0.1) is 12.8 Å². The highest BCUT2D eigenvalue weighted by atomic mass is 79.9. The molecular weight excluding hydrogens is 424 g/mol. The molecule has 0 aliphatic carbocycles. The van der Waals surface area contributed by atoms with Crippen LogP contribution in [-0.4, -0.2) is 46.4 Å². The highest BCUT2D eigenvalue weighted by molar-refractivity contribution is 9.10. The lowest BCUT2D eigenvalue weighted by molar-refractivity contribution is -0.122. The maximum Gasteiger partial charge on any atom is 0.321 e. The van der Waals surface area contributed by atoms with Crippen molar-refractivity contribution in [3.8, 4) is 0 Å². The molecular formula is C20H25BrN4O3. The summed E-state index contributed by atoms with van der Waals surface area (Å²) in [5.41, 5.74) is 0.675. The zero-order valence-corrected chi connectivity index (χ0v) is 17.6. The second kappa shape index (κ2) is 8.21. The standard InChI is InChI=1S/C20H25BrN4O3/c1-14-22-18(24-28-14)12-15-6-11-27-20(13-15)7-9-25(10-8-20)19(26)23-17-4-2-16(21)3-5-17/h2-5,15H,6-13H2,1H3,(H,23,26). The highest BCUT2D eigenvalue weighted by Gasteiger charge is 2.41. The van der Waals surface area contributed by atoms with Gasteiger partial charge in [0.2, 0.25) is 5.89 Å². The molecule has 0 saturated carbocycles. The van der Waals surface area contributed by atoms with Crippen LogP contribution in [0.25, 0.3) is 0 Å². The van der Waals surface area contributed by atoms with Gasteiger partial charge < -0.3 is 19.5 Å². The molecule has 7 nitrogen and oxygen atoms in total. The van der Waals surface area contributed by atoms with Gasteiger partial charge in [-0.3, -0.25) is 0 Å². The molecule has 3 heterocycles. The maximum atomic E-state index is 12.6. The van der Waals surface area contributed by atoms with Crippen molar-refractivity contribution in [2.45, 2.75) is 44.6 Å². The number of amides is 2. The van der Waals surface area contributed by atoms with E-state index in [1.54, 1.807) is 0 Å². The summed E-state index contributed by atoms with van der Waals surface area (Å²) in [7, 11) is 0. The Bertz CT molecular complexity index is 815. The van der Waals surface area contributed by atoms with Gasteiger partial charge in [-0.2, -0.15) is 4.98 Å². The summed E-state index contributed by atoms with van der Waals surface area (Å²) in [6, 6.07) is 7.57. The normalized spacial score (nSPS) is 21.6. The SMILES string of the molecule is Cc1nc(CC2CCOC3(CCN(C(=O)Nc4ccc(Br)cc4)CC3)C2)no1. The number of rotatable bonds is 3. The number of likely N-dealkylation sites (tertiary alicyclic amines) is 1. The van der Waals surface area contributed by atoms with E-state index in [-0.39, 0.29) is 11.6 Å². The number of carbonyl (C=O) groups excluding carboxylic acids is 1. The van der Waals surface area contributed by atoms with Gasteiger partial charge in [0.15, 0.2) is 5.82 Å². The number of carbonyl (C=O) groups is 1. The Kier molecular flexibility index (Phi) is 5.68. The van der Waals surface area contributed by atoms with Crippen molar-refractivity contribution in [2.24, 2.45) is 5.92 Å². The minimum Gasteiger partial charge on any atom is -0.375 e. The van der Waals surface area contributed by atoms with Gasteiger partial charge in [-0.25, -0.2) is 4.79 Å². The molecule has 1 spiro atoms. The number of hydrogen-bond acceptors (Lipinski definition) is 5. The topological polar surface area (TPSA) is 80.5 Å². The minimum atomic E-state index is -0.129. The van der Waals surface area contributed by atoms with Crippen LogP contribution in [0.4, 0.5) is 10.5 Å². The summed E-state index contributed by atoms with van der Waals surface area (Å²) in [5.74, 6) is 1.89. The number of nitrogens with zero attached hydrogens (tertiary/aromatic N) is 3. The Labute approximate surface area is 172 Å². The van der Waals surface area contributed by atoms with Gasteiger partial charge in [0.05, 0.1) is 5.60 Å². The first-order valence-electron chi connectivity index (χ1n) is 9.76. The van der Waals surface area contributed by atoms with Crippen LogP contribution in [0.3, 0.4) is 0 Å². The van der Waals surface area contributed by atoms with Gasteiger partial charge in [0.25, 0.3) is 0 Å². The third-order valence-corrected chi connectivity index (χ3v) is 6.22. The molecule has 28 heavy (non-hydrogen) atoms. The third-order valence-electron chi connectivity index (χ3n) is 5.69. The van der Waals surface area contributed by atoms with E-state index in [1.807, 2.05) is 36.1 Å². The molecule has 1 aromatic carbocycles. The summed E-state index contributed by atoms with van der Waals surface area (Å²) in [4.78, 5) is 18.8. The number of aromatic nitrogens is 2. The number of nitrogens with one attached hydrogen (secondary N) is 1. The zero-order chi connectivity index (χ0) is 19.6. The Morgan fingerprint density at radius 1 is 1.32 bits per heavy atom. The highest BCUT2D eigenvalue weighted by Crippen LogP contribution is 2.38. The molecule has 1 N–H and O–H groups in total. The van der Waals surface area contributed by atoms with Crippen LogP contribution < -0.4 is 5.32 Å². The van der Waals surface area contributed by atoms with Gasteiger partial charge in [0, 0.05) is 43.2 Å². The van der Waals surface area contributed by atoms with Crippen molar-refractivity contribution in [1.29, 1.82) is 0 Å². The van der Waals surface area contributed by atoms with Crippen molar-refractivity contribution in [1.82, 2.24) is 15.0 Å². The molecule has 0 radical (unpaired) electrons. The van der Waals surface area contributed by atoms with Crippen LogP contribution in [-0.2, 0) is 11.2 Å². The average Bonchev–Trinajstić information content (AvgIpc) is 3.09. The Morgan fingerprint density at radius 3 is 2.75 bits per heavy atom. The first kappa shape index (κ1) is 19.4. The number of benzene rings is 1. The lowest BCUT2D eigenvalue weighted by Crippen LogP contribution is -2.51. The number of ether oxygens (including phenoxy) is 1. The Balaban J connectivity index is 1.31. The number of anilines is 1. The minimum absolute atomic E-state index is 0.0493. The van der Waals surface area contributed by atoms with Crippen molar-refractivity contribution in [3.63, 3.8) is 0 Å². The van der Waals surface area contributed by atoms with Gasteiger partial charge in [-0.15, -0.1) is 0 Å². The molecule has 2 aliphatic heterocycles. The summed E-state index contributed by atoms with van der Waals surface area (Å²) in [5, 5.41) is 7.01. The summed E-state index contributed by atoms with van der Waals surface area (Å²) < 4.78 is 12.3. The van der Waals surface area contributed by atoms with E-state index in [9.17, 15) is 4.79 Å². The fourth-order valence-electron chi connectivity index (χ4n) is 4.19. The number of aryl methyl sites for hydroxylation is 1. The van der Waals surface area contributed by atoms with E-state index in [0.29, 0.717) is 24.9 Å². The first-order valence-corrected chi connectivity index (χ1v) is 10.6. The van der Waals surface area contributed by atoms with Crippen LogP contribution in [0.5, 0.6) is 0 Å². The van der Waals surface area contributed by atoms with Crippen molar-refractivity contribution in [3.05, 3.63) is 40.5 Å². The molecule has 2 fully saturated rings. The molecule has 0 bridgehead atoms. The Hall–Kier alpha value is -1.93. The van der Waals surface area contributed by atoms with E-state index >= 15 is 0 Å². The number of urea groups is 1. The van der Waals surface area contributed by atoms with E-state index in [2.05, 4.69) is 31.4 Å². The fourth-order valence-corrected chi connectivity index (χ4v) is 4.45. The largest absolute Gasteiger partial charge is 0.375 e. The van der Waals surface area contributed by atoms with Gasteiger partial charge in [0.1, 0.15) is 0 Å². The van der Waals surface area contributed by atoms with E-state index in [4.69, 9.17) is 9.26 Å². The third kappa shape index (κ3) is 4.55. The number of piperidine rings is 1. The molecule has 1 unspecified atom stereocenters. The van der Waals surface area contributed by atoms with Gasteiger partial charge in [-0.1, -0.05) is 21.1 Å². The molecule has 8 heteroatoms. The molecule has 2 amide bonds. The fraction of sp³-hybridized carbons (Fsp3) is 0.550. The predicted octanol–water partition coefficient (Wildman–Crippen LogP) is 4.18. The lowest BCUT2D eigenvalue weighted by atomic mass is 9.78. The number of hydrogen-bond donors (Lipinski definition) is 1. The van der Waals surface area contributed by atoms with Gasteiger partial charge in [-0.05, 0) is 55.9 Å². The molecule has 2 aromatic rings. The summed E-state index contributed by atoms with van der Waals surface area (Å²) >= 11 is 3.41. The van der Waals surface area contributed by atoms with Crippen LogP contribution in [0.1, 0.15) is 37.4 Å². The maximum absolute atomic E-state index is 12.6. The van der Waals surface area contributed by atoms with Crippen molar-refractivity contribution >= 4 is 27.6 Å². The molecule has 2 aliphatic rings. The molecule has 150 valence electrons. The van der Waals surface area contributed by atoms with E-state index in [1.165, 1.54) is 0 Å². The second-order valence-corrected chi connectivity index (χ2v) is 8.66. The lowest BCUT2D eigenvalue weighted by Gasteiger charge is -2.46. The smallest absolute Gasteiger partial charge is 0.321 e. The zero-order valence-electron chi connectivity index (χ0n) is 16.0. The average molecular weight is 449 g/mol. The van der Waals surface area contributed by atoms with E-state index < -0.39 is 0 Å². The van der Waals surface area contributed by atoms with Crippen molar-refractivity contribution in [2.75, 3.05) is 25.0 Å². The molecule has 2 saturated heterocycles.